The lowest BCUT2D eigenvalue weighted by Crippen LogP contribution is -2.42. The van der Waals surface area contributed by atoms with Gasteiger partial charge in [-0.15, -0.1) is 10.2 Å². The summed E-state index contributed by atoms with van der Waals surface area (Å²) in [6, 6.07) is 12.4. The van der Waals surface area contributed by atoms with Crippen LogP contribution in [0.5, 0.6) is 5.75 Å². The van der Waals surface area contributed by atoms with Gasteiger partial charge in [-0.2, -0.15) is 0 Å². The summed E-state index contributed by atoms with van der Waals surface area (Å²) in [5.41, 5.74) is 3.53. The largest absolute Gasteiger partial charge is 0.507 e. The zero-order valence-electron chi connectivity index (χ0n) is 16.9. The number of hydrogen-bond donors (Lipinski definition) is 2. The minimum Gasteiger partial charge on any atom is -0.507 e. The van der Waals surface area contributed by atoms with Crippen LogP contribution in [-0.4, -0.2) is 45.9 Å². The minimum absolute atomic E-state index is 0.253. The highest BCUT2D eigenvalue weighted by molar-refractivity contribution is 6.01. The van der Waals surface area contributed by atoms with Crippen molar-refractivity contribution in [1.29, 1.82) is 0 Å². The molecular weight excluding hydrogens is 348 g/mol. The van der Waals surface area contributed by atoms with E-state index in [-0.39, 0.29) is 5.75 Å². The first kappa shape index (κ1) is 18.7. The highest BCUT2D eigenvalue weighted by Gasteiger charge is 2.21. The van der Waals surface area contributed by atoms with Gasteiger partial charge in [-0.1, -0.05) is 37.3 Å². The second-order valence-electron chi connectivity index (χ2n) is 7.80. The molecule has 0 bridgehead atoms. The average Bonchev–Trinajstić information content (AvgIpc) is 2.69. The lowest BCUT2D eigenvalue weighted by atomic mass is 9.97. The van der Waals surface area contributed by atoms with E-state index in [1.54, 1.807) is 6.07 Å². The van der Waals surface area contributed by atoms with Crippen LogP contribution in [0.15, 0.2) is 36.4 Å². The van der Waals surface area contributed by atoms with Gasteiger partial charge >= 0.3 is 0 Å². The zero-order valence-corrected chi connectivity index (χ0v) is 16.9. The number of rotatable bonds is 4. The lowest BCUT2D eigenvalue weighted by Gasteiger charge is -2.32. The van der Waals surface area contributed by atoms with Crippen molar-refractivity contribution in [3.8, 4) is 17.0 Å². The Labute approximate surface area is 166 Å². The third-order valence-corrected chi connectivity index (χ3v) is 5.68. The maximum Gasteiger partial charge on any atom is 0.156 e. The van der Waals surface area contributed by atoms with Gasteiger partial charge in [0.25, 0.3) is 0 Å². The van der Waals surface area contributed by atoms with E-state index in [0.29, 0.717) is 6.04 Å². The minimum atomic E-state index is 0.253. The van der Waals surface area contributed by atoms with Gasteiger partial charge in [-0.05, 0) is 57.0 Å². The Balaban J connectivity index is 1.76. The number of aromatic nitrogens is 2. The summed E-state index contributed by atoms with van der Waals surface area (Å²) in [6.45, 7) is 9.49. The second-order valence-corrected chi connectivity index (χ2v) is 7.80. The molecule has 1 aliphatic rings. The van der Waals surface area contributed by atoms with Crippen molar-refractivity contribution in [2.75, 3.05) is 25.0 Å². The van der Waals surface area contributed by atoms with Crippen LogP contribution in [0, 0.1) is 13.8 Å². The van der Waals surface area contributed by atoms with Crippen LogP contribution >= 0.6 is 0 Å². The highest BCUT2D eigenvalue weighted by Crippen LogP contribution is 2.37. The van der Waals surface area contributed by atoms with E-state index in [0.717, 1.165) is 58.5 Å². The molecule has 1 fully saturated rings. The molecule has 2 N–H and O–H groups in total. The number of benzene rings is 2. The second kappa shape index (κ2) is 7.76. The molecule has 146 valence electrons. The predicted octanol–water partition coefficient (Wildman–Crippen LogP) is 4.52. The number of fused-ring (bicyclic) bond motifs is 1. The first-order valence-corrected chi connectivity index (χ1v) is 10.1. The molecule has 1 aliphatic heterocycles. The van der Waals surface area contributed by atoms with Crippen LogP contribution in [0.1, 0.15) is 30.9 Å². The zero-order chi connectivity index (χ0) is 19.7. The average molecular weight is 377 g/mol. The fraction of sp³-hybridized carbons (Fsp3) is 0.391. The van der Waals surface area contributed by atoms with Crippen LogP contribution < -0.4 is 5.32 Å². The van der Waals surface area contributed by atoms with E-state index in [1.807, 2.05) is 26.0 Å². The number of aromatic hydroxyl groups is 1. The Hall–Kier alpha value is -2.66. The van der Waals surface area contributed by atoms with Crippen molar-refractivity contribution in [1.82, 2.24) is 15.1 Å². The standard InChI is InChI=1S/C23H28N4O/c1-4-27-11-7-8-17(14-27)24-23-19-10-6-5-9-18(19)22(25-26-23)21-16(3)12-15(2)13-20(21)28/h5-6,9-10,12-13,17,28H,4,7-8,11,14H2,1-3H3,(H,24,26)/t17-/m1/s1. The Morgan fingerprint density at radius 2 is 1.93 bits per heavy atom. The molecule has 0 spiro atoms. The quantitative estimate of drug-likeness (QED) is 0.701. The van der Waals surface area contributed by atoms with Crippen LogP contribution in [0.2, 0.25) is 0 Å². The summed E-state index contributed by atoms with van der Waals surface area (Å²) in [5.74, 6) is 1.08. The lowest BCUT2D eigenvalue weighted by molar-refractivity contribution is 0.226. The van der Waals surface area contributed by atoms with E-state index in [1.165, 1.54) is 13.0 Å². The molecule has 5 heteroatoms. The molecule has 0 aliphatic carbocycles. The topological polar surface area (TPSA) is 61.3 Å². The van der Waals surface area contributed by atoms with Crippen LogP contribution in [0.25, 0.3) is 22.0 Å². The number of likely N-dealkylation sites (tertiary alicyclic amines) is 1. The van der Waals surface area contributed by atoms with Crippen LogP contribution in [0.4, 0.5) is 5.82 Å². The number of likely N-dealkylation sites (N-methyl/N-ethyl adjacent to an activating group) is 1. The number of hydrogen-bond acceptors (Lipinski definition) is 5. The first-order chi connectivity index (χ1) is 13.6. The number of nitrogens with zero attached hydrogens (tertiary/aromatic N) is 3. The number of piperidine rings is 1. The maximum atomic E-state index is 10.6. The predicted molar refractivity (Wildman–Crippen MR) is 115 cm³/mol. The monoisotopic (exact) mass is 376 g/mol. The summed E-state index contributed by atoms with van der Waals surface area (Å²) >= 11 is 0. The van der Waals surface area contributed by atoms with Gasteiger partial charge in [0.2, 0.25) is 0 Å². The fourth-order valence-electron chi connectivity index (χ4n) is 4.30. The summed E-state index contributed by atoms with van der Waals surface area (Å²) in [4.78, 5) is 2.47. The Kier molecular flexibility index (Phi) is 5.18. The fourth-order valence-corrected chi connectivity index (χ4v) is 4.30. The normalized spacial score (nSPS) is 17.8. The molecule has 4 rings (SSSR count). The van der Waals surface area contributed by atoms with E-state index >= 15 is 0 Å². The summed E-state index contributed by atoms with van der Waals surface area (Å²) < 4.78 is 0. The van der Waals surface area contributed by atoms with E-state index in [9.17, 15) is 5.11 Å². The smallest absolute Gasteiger partial charge is 0.156 e. The third-order valence-electron chi connectivity index (χ3n) is 5.68. The third kappa shape index (κ3) is 3.54. The van der Waals surface area contributed by atoms with Crippen LogP contribution in [0.3, 0.4) is 0 Å². The highest BCUT2D eigenvalue weighted by atomic mass is 16.3. The summed E-state index contributed by atoms with van der Waals surface area (Å²) in [6.07, 6.45) is 2.34. The van der Waals surface area contributed by atoms with Crippen molar-refractivity contribution < 1.29 is 5.11 Å². The molecular formula is C23H28N4O. The van der Waals surface area contributed by atoms with Gasteiger partial charge in [0, 0.05) is 28.9 Å². The van der Waals surface area contributed by atoms with Crippen molar-refractivity contribution >= 4 is 16.6 Å². The van der Waals surface area contributed by atoms with E-state index in [2.05, 4.69) is 45.5 Å². The van der Waals surface area contributed by atoms with E-state index < -0.39 is 0 Å². The SMILES string of the molecule is CCN1CCC[C@@H](Nc2nnc(-c3c(C)cc(C)cc3O)c3ccccc23)C1. The Morgan fingerprint density at radius 3 is 2.68 bits per heavy atom. The molecule has 1 aromatic heterocycles. The molecule has 3 aromatic rings. The molecule has 0 amide bonds. The van der Waals surface area contributed by atoms with E-state index in [4.69, 9.17) is 0 Å². The van der Waals surface area contributed by atoms with Gasteiger partial charge < -0.3 is 15.3 Å². The van der Waals surface area contributed by atoms with Crippen LogP contribution in [-0.2, 0) is 0 Å². The van der Waals surface area contributed by atoms with Gasteiger partial charge in [-0.3, -0.25) is 0 Å². The molecule has 0 radical (unpaired) electrons. The molecule has 2 heterocycles. The molecule has 2 aromatic carbocycles. The van der Waals surface area contributed by atoms with Crippen molar-refractivity contribution in [2.45, 2.75) is 39.7 Å². The van der Waals surface area contributed by atoms with Crippen molar-refractivity contribution in [3.63, 3.8) is 0 Å². The van der Waals surface area contributed by atoms with Crippen molar-refractivity contribution in [2.24, 2.45) is 0 Å². The van der Waals surface area contributed by atoms with Crippen molar-refractivity contribution in [3.05, 3.63) is 47.5 Å². The summed E-state index contributed by atoms with van der Waals surface area (Å²) in [5, 5.41) is 25.3. The molecule has 1 atom stereocenters. The Morgan fingerprint density at radius 1 is 1.14 bits per heavy atom. The van der Waals surface area contributed by atoms with Gasteiger partial charge in [0.15, 0.2) is 5.82 Å². The van der Waals surface area contributed by atoms with Gasteiger partial charge in [0.1, 0.15) is 11.4 Å². The maximum absolute atomic E-state index is 10.6. The molecule has 0 saturated carbocycles. The molecule has 28 heavy (non-hydrogen) atoms. The molecule has 0 unspecified atom stereocenters. The number of nitrogens with one attached hydrogen (secondary N) is 1. The number of aryl methyl sites for hydroxylation is 2. The number of anilines is 1. The van der Waals surface area contributed by atoms with Gasteiger partial charge in [-0.25, -0.2) is 0 Å². The number of phenolic OH excluding ortho intramolecular Hbond substituents is 1. The van der Waals surface area contributed by atoms with Gasteiger partial charge in [0.05, 0.1) is 0 Å². The summed E-state index contributed by atoms with van der Waals surface area (Å²) in [7, 11) is 0. The first-order valence-electron chi connectivity index (χ1n) is 10.1. The Bertz CT molecular complexity index is 978. The molecule has 1 saturated heterocycles. The number of phenols is 1. The molecule has 5 nitrogen and oxygen atoms in total.